The lowest BCUT2D eigenvalue weighted by molar-refractivity contribution is -0.130. The molecule has 5 nitrogen and oxygen atoms in total. The lowest BCUT2D eigenvalue weighted by Gasteiger charge is -2.45. The van der Waals surface area contributed by atoms with E-state index in [4.69, 9.17) is 4.99 Å². The molecule has 1 atom stereocenters. The summed E-state index contributed by atoms with van der Waals surface area (Å²) in [4.78, 5) is 18.7. The lowest BCUT2D eigenvalue weighted by atomic mass is 9.87. The van der Waals surface area contributed by atoms with E-state index in [0.717, 1.165) is 30.5 Å². The molecule has 0 bridgehead atoms. The average molecular weight is 363 g/mol. The van der Waals surface area contributed by atoms with Crippen molar-refractivity contribution in [1.82, 2.24) is 10.2 Å². The third kappa shape index (κ3) is 3.60. The summed E-state index contributed by atoms with van der Waals surface area (Å²) in [6.07, 6.45) is 2.26. The first kappa shape index (κ1) is 17.7. The summed E-state index contributed by atoms with van der Waals surface area (Å²) in [6.45, 7) is 3.01. The van der Waals surface area contributed by atoms with E-state index in [1.807, 2.05) is 41.3 Å². The van der Waals surface area contributed by atoms with Crippen LogP contribution in [0.15, 0.2) is 59.6 Å². The fourth-order valence-corrected chi connectivity index (χ4v) is 4.13. The molecule has 0 unspecified atom stereocenters. The van der Waals surface area contributed by atoms with Crippen LogP contribution in [0.5, 0.6) is 5.75 Å². The van der Waals surface area contributed by atoms with Crippen LogP contribution in [0, 0.1) is 0 Å². The first-order chi connectivity index (χ1) is 13.1. The normalized spacial score (nSPS) is 21.7. The van der Waals surface area contributed by atoms with Crippen LogP contribution in [0.25, 0.3) is 0 Å². The van der Waals surface area contributed by atoms with E-state index in [-0.39, 0.29) is 17.7 Å². The highest BCUT2D eigenvalue weighted by atomic mass is 16.3. The number of aromatic hydroxyl groups is 1. The van der Waals surface area contributed by atoms with E-state index in [2.05, 4.69) is 17.4 Å². The topological polar surface area (TPSA) is 64.9 Å². The Labute approximate surface area is 159 Å². The van der Waals surface area contributed by atoms with Gasteiger partial charge in [0.15, 0.2) is 0 Å². The van der Waals surface area contributed by atoms with Crippen molar-refractivity contribution >= 4 is 11.6 Å². The maximum Gasteiger partial charge on any atom is 0.219 e. The van der Waals surface area contributed by atoms with Gasteiger partial charge in [0.05, 0.1) is 0 Å². The summed E-state index contributed by atoms with van der Waals surface area (Å²) < 4.78 is 0. The maximum absolute atomic E-state index is 11.7. The van der Waals surface area contributed by atoms with Crippen LogP contribution in [0.1, 0.15) is 43.4 Å². The quantitative estimate of drug-likeness (QED) is 0.861. The number of para-hydroxylation sites is 1. The molecule has 2 heterocycles. The number of phenolic OH excluding ortho intramolecular Hbond substituents is 1. The molecule has 4 rings (SSSR count). The number of hydrogen-bond acceptors (Lipinski definition) is 4. The second-order valence-electron chi connectivity index (χ2n) is 7.43. The van der Waals surface area contributed by atoms with Crippen molar-refractivity contribution in [3.8, 4) is 5.75 Å². The summed E-state index contributed by atoms with van der Waals surface area (Å²) in [5.41, 5.74) is 2.54. The van der Waals surface area contributed by atoms with Gasteiger partial charge in [-0.05, 0) is 17.7 Å². The van der Waals surface area contributed by atoms with Crippen molar-refractivity contribution in [2.24, 2.45) is 4.99 Å². The standard InChI is InChI=1S/C22H25N3O2/c1-16(26)25-13-11-22(12-14-25)23-19(17-7-3-2-4-8-17)15-20(24-22)18-9-5-6-10-21(18)27/h2-10,19,23,27H,11-15H2,1H3/t19-/m0/s1. The van der Waals surface area contributed by atoms with Crippen LogP contribution >= 0.6 is 0 Å². The summed E-state index contributed by atoms with van der Waals surface area (Å²) in [5, 5.41) is 14.1. The minimum absolute atomic E-state index is 0.116. The zero-order valence-electron chi connectivity index (χ0n) is 15.6. The SMILES string of the molecule is CC(=O)N1CCC2(CC1)N=C(c1ccccc1O)C[C@@H](c1ccccc1)N2. The summed E-state index contributed by atoms with van der Waals surface area (Å²) in [5.74, 6) is 0.381. The summed E-state index contributed by atoms with van der Waals surface area (Å²) >= 11 is 0. The monoisotopic (exact) mass is 363 g/mol. The fourth-order valence-electron chi connectivity index (χ4n) is 4.13. The molecular formula is C22H25N3O2. The number of carbonyl (C=O) groups is 1. The molecule has 140 valence electrons. The molecule has 2 aromatic rings. The van der Waals surface area contributed by atoms with Gasteiger partial charge in [-0.25, -0.2) is 0 Å². The minimum Gasteiger partial charge on any atom is -0.507 e. The van der Waals surface area contributed by atoms with E-state index in [1.165, 1.54) is 5.56 Å². The Hall–Kier alpha value is -2.66. The molecule has 2 N–H and O–H groups in total. The van der Waals surface area contributed by atoms with Crippen LogP contribution in [0.2, 0.25) is 0 Å². The summed E-state index contributed by atoms with van der Waals surface area (Å²) in [7, 11) is 0. The van der Waals surface area contributed by atoms with Crippen LogP contribution in [0.4, 0.5) is 0 Å². The van der Waals surface area contributed by atoms with Crippen molar-refractivity contribution in [3.63, 3.8) is 0 Å². The largest absolute Gasteiger partial charge is 0.507 e. The first-order valence-electron chi connectivity index (χ1n) is 9.52. The molecule has 0 radical (unpaired) electrons. The van der Waals surface area contributed by atoms with Gasteiger partial charge < -0.3 is 10.0 Å². The maximum atomic E-state index is 11.7. The second-order valence-corrected chi connectivity index (χ2v) is 7.43. The van der Waals surface area contributed by atoms with Gasteiger partial charge in [0, 0.05) is 56.6 Å². The number of likely N-dealkylation sites (tertiary alicyclic amines) is 1. The van der Waals surface area contributed by atoms with Gasteiger partial charge in [-0.3, -0.25) is 15.1 Å². The molecule has 27 heavy (non-hydrogen) atoms. The molecule has 1 saturated heterocycles. The van der Waals surface area contributed by atoms with Crippen LogP contribution in [-0.2, 0) is 4.79 Å². The predicted octanol–water partition coefficient (Wildman–Crippen LogP) is 3.25. The molecule has 2 aliphatic rings. The Bertz CT molecular complexity index is 855. The first-order valence-corrected chi connectivity index (χ1v) is 9.52. The predicted molar refractivity (Wildman–Crippen MR) is 106 cm³/mol. The third-order valence-electron chi connectivity index (χ3n) is 5.64. The van der Waals surface area contributed by atoms with Gasteiger partial charge in [0.1, 0.15) is 11.4 Å². The Kier molecular flexibility index (Phi) is 4.70. The highest BCUT2D eigenvalue weighted by Crippen LogP contribution is 2.36. The van der Waals surface area contributed by atoms with Gasteiger partial charge >= 0.3 is 0 Å². The van der Waals surface area contributed by atoms with Gasteiger partial charge in [0.25, 0.3) is 0 Å². The molecule has 2 aromatic carbocycles. The van der Waals surface area contributed by atoms with E-state index in [1.54, 1.807) is 13.0 Å². The van der Waals surface area contributed by atoms with E-state index in [0.29, 0.717) is 13.1 Å². The number of rotatable bonds is 2. The molecule has 0 aromatic heterocycles. The zero-order valence-corrected chi connectivity index (χ0v) is 15.6. The Morgan fingerprint density at radius 1 is 1.11 bits per heavy atom. The minimum atomic E-state index is -0.400. The fraction of sp³-hybridized carbons (Fsp3) is 0.364. The number of carbonyl (C=O) groups excluding carboxylic acids is 1. The molecule has 1 spiro atoms. The summed E-state index contributed by atoms with van der Waals surface area (Å²) in [6, 6.07) is 17.9. The molecule has 1 fully saturated rings. The van der Waals surface area contributed by atoms with E-state index < -0.39 is 5.66 Å². The second kappa shape index (κ2) is 7.16. The molecule has 0 saturated carbocycles. The van der Waals surface area contributed by atoms with Crippen molar-refractivity contribution < 1.29 is 9.90 Å². The molecule has 5 heteroatoms. The molecular weight excluding hydrogens is 338 g/mol. The Morgan fingerprint density at radius 3 is 2.44 bits per heavy atom. The molecule has 1 amide bonds. The Balaban J connectivity index is 1.70. The highest BCUT2D eigenvalue weighted by Gasteiger charge is 2.40. The number of piperidine rings is 1. The van der Waals surface area contributed by atoms with Gasteiger partial charge in [-0.2, -0.15) is 0 Å². The smallest absolute Gasteiger partial charge is 0.219 e. The average Bonchev–Trinajstić information content (AvgIpc) is 2.69. The van der Waals surface area contributed by atoms with E-state index >= 15 is 0 Å². The van der Waals surface area contributed by atoms with Crippen LogP contribution in [0.3, 0.4) is 0 Å². The number of amides is 1. The number of hydrogen-bond donors (Lipinski definition) is 2. The Morgan fingerprint density at radius 2 is 1.78 bits per heavy atom. The number of nitrogens with zero attached hydrogens (tertiary/aromatic N) is 2. The van der Waals surface area contributed by atoms with Gasteiger partial charge in [-0.1, -0.05) is 42.5 Å². The van der Waals surface area contributed by atoms with Crippen molar-refractivity contribution in [1.29, 1.82) is 0 Å². The van der Waals surface area contributed by atoms with E-state index in [9.17, 15) is 9.90 Å². The van der Waals surface area contributed by atoms with Gasteiger partial charge in [0.2, 0.25) is 5.91 Å². The molecule has 2 aliphatic heterocycles. The van der Waals surface area contributed by atoms with Crippen LogP contribution < -0.4 is 5.32 Å². The van der Waals surface area contributed by atoms with Crippen molar-refractivity contribution in [3.05, 3.63) is 65.7 Å². The highest BCUT2D eigenvalue weighted by molar-refractivity contribution is 6.03. The third-order valence-corrected chi connectivity index (χ3v) is 5.64. The van der Waals surface area contributed by atoms with Crippen LogP contribution in [-0.4, -0.2) is 40.4 Å². The number of benzene rings is 2. The lowest BCUT2D eigenvalue weighted by Crippen LogP contribution is -2.56. The zero-order chi connectivity index (χ0) is 18.9. The molecule has 0 aliphatic carbocycles. The number of aliphatic imine (C=N–C) groups is 1. The van der Waals surface area contributed by atoms with Crippen molar-refractivity contribution in [2.45, 2.75) is 37.9 Å². The van der Waals surface area contributed by atoms with Gasteiger partial charge in [-0.15, -0.1) is 0 Å². The number of nitrogens with one attached hydrogen (secondary N) is 1. The number of phenols is 1. The van der Waals surface area contributed by atoms with Crippen molar-refractivity contribution in [2.75, 3.05) is 13.1 Å².